The van der Waals surface area contributed by atoms with Crippen LogP contribution in [0.25, 0.3) is 0 Å². The lowest BCUT2D eigenvalue weighted by Gasteiger charge is -2.27. The van der Waals surface area contributed by atoms with E-state index < -0.39 is 0 Å². The van der Waals surface area contributed by atoms with E-state index in [0.717, 1.165) is 33.4 Å². The lowest BCUT2D eigenvalue weighted by atomic mass is 9.75. The molecule has 0 saturated heterocycles. The molecule has 0 bridgehead atoms. The highest BCUT2D eigenvalue weighted by Crippen LogP contribution is 2.47. The molecule has 3 atom stereocenters. The summed E-state index contributed by atoms with van der Waals surface area (Å²) in [6.45, 7) is 28.2. The fraction of sp³-hybridized carbons (Fsp3) is 0.667. The first-order chi connectivity index (χ1) is 18.8. The van der Waals surface area contributed by atoms with Gasteiger partial charge in [0.05, 0.1) is 0 Å². The van der Waals surface area contributed by atoms with Gasteiger partial charge in [0.15, 0.2) is 17.3 Å². The number of Topliss-reactive ketones (excluding diaryl/α,β-unsaturated/α-hetero) is 6. The Balaban J connectivity index is 0.000000315. The van der Waals surface area contributed by atoms with E-state index in [1.807, 2.05) is 83.1 Å². The zero-order chi connectivity index (χ0) is 33.3. The van der Waals surface area contributed by atoms with E-state index >= 15 is 0 Å². The van der Waals surface area contributed by atoms with Gasteiger partial charge in [0.1, 0.15) is 17.3 Å². The lowest BCUT2D eigenvalue weighted by Crippen LogP contribution is -2.28. The van der Waals surface area contributed by atoms with Gasteiger partial charge >= 0.3 is 0 Å². The van der Waals surface area contributed by atoms with Crippen molar-refractivity contribution >= 4 is 34.7 Å². The molecule has 0 heterocycles. The van der Waals surface area contributed by atoms with Crippen LogP contribution in [-0.4, -0.2) is 34.7 Å². The first kappa shape index (κ1) is 37.3. The van der Waals surface area contributed by atoms with Crippen LogP contribution in [0.4, 0.5) is 0 Å². The average molecular weight is 583 g/mol. The molecule has 0 radical (unpaired) electrons. The largest absolute Gasteiger partial charge is 0.300 e. The number of carbonyl (C=O) groups is 6. The van der Waals surface area contributed by atoms with Gasteiger partial charge in [0, 0.05) is 36.5 Å². The number of hydrogen-bond acceptors (Lipinski definition) is 6. The highest BCUT2D eigenvalue weighted by atomic mass is 16.1. The van der Waals surface area contributed by atoms with Crippen molar-refractivity contribution in [1.29, 1.82) is 0 Å². The molecular formula is C36H54O6. The van der Waals surface area contributed by atoms with Crippen molar-refractivity contribution in [1.82, 2.24) is 0 Å². The van der Waals surface area contributed by atoms with Crippen LogP contribution in [0.3, 0.4) is 0 Å². The van der Waals surface area contributed by atoms with Gasteiger partial charge in [-0.3, -0.25) is 19.2 Å². The maximum atomic E-state index is 11.9. The van der Waals surface area contributed by atoms with Gasteiger partial charge in [-0.05, 0) is 88.9 Å². The van der Waals surface area contributed by atoms with Crippen LogP contribution in [0.5, 0.6) is 0 Å². The SMILES string of the molecule is CC(=O)CC1=C(C)C(=O)C(C)C1(C)C.CC(=O)CC1C(=O)C(C)=C(C)C1(C)C.CC(=O)CC1C(C)=C(C)C(=O)C1(C)C. The van der Waals surface area contributed by atoms with Crippen molar-refractivity contribution in [2.45, 2.75) is 123 Å². The summed E-state index contributed by atoms with van der Waals surface area (Å²) in [5.74, 6) is 0.915. The predicted molar refractivity (Wildman–Crippen MR) is 168 cm³/mol. The quantitative estimate of drug-likeness (QED) is 0.320. The van der Waals surface area contributed by atoms with E-state index in [9.17, 15) is 28.8 Å². The second-order valence-electron chi connectivity index (χ2n) is 14.4. The standard InChI is InChI=1S/3C12H18O2/c1-7(13)6-10-8(2)11(14)9(3)12(10,4)5;1-7(13)6-10-11(14)8(2)9(3)12(10,4)5;1-7(13)6-10-8(2)9(3)11(14)12(10,4)5/h9H,6H2,1-5H3;2*10H,6H2,1-5H3. The summed E-state index contributed by atoms with van der Waals surface area (Å²) in [6, 6.07) is 0. The summed E-state index contributed by atoms with van der Waals surface area (Å²) in [7, 11) is 0. The zero-order valence-electron chi connectivity index (χ0n) is 28.8. The summed E-state index contributed by atoms with van der Waals surface area (Å²) in [5.41, 5.74) is 5.08. The highest BCUT2D eigenvalue weighted by Gasteiger charge is 2.46. The van der Waals surface area contributed by atoms with Gasteiger partial charge in [-0.2, -0.15) is 0 Å². The third kappa shape index (κ3) is 7.41. The summed E-state index contributed by atoms with van der Waals surface area (Å²) in [4.78, 5) is 68.7. The molecule has 3 unspecified atom stereocenters. The van der Waals surface area contributed by atoms with Crippen LogP contribution < -0.4 is 0 Å². The second kappa shape index (κ2) is 13.3. The van der Waals surface area contributed by atoms with E-state index in [1.54, 1.807) is 20.8 Å². The zero-order valence-corrected chi connectivity index (χ0v) is 28.8. The average Bonchev–Trinajstić information content (AvgIpc) is 3.18. The first-order valence-electron chi connectivity index (χ1n) is 15.0. The minimum absolute atomic E-state index is 0.0110. The lowest BCUT2D eigenvalue weighted by molar-refractivity contribution is -0.126. The van der Waals surface area contributed by atoms with Crippen molar-refractivity contribution in [3.05, 3.63) is 33.4 Å². The molecule has 0 aliphatic heterocycles. The molecule has 6 nitrogen and oxygen atoms in total. The van der Waals surface area contributed by atoms with Gasteiger partial charge in [-0.25, -0.2) is 0 Å². The van der Waals surface area contributed by atoms with E-state index in [1.165, 1.54) is 0 Å². The number of hydrogen-bond donors (Lipinski definition) is 0. The number of carbonyl (C=O) groups excluding carboxylic acids is 6. The molecule has 42 heavy (non-hydrogen) atoms. The number of ketones is 6. The topological polar surface area (TPSA) is 102 Å². The smallest absolute Gasteiger partial charge is 0.164 e. The summed E-state index contributed by atoms with van der Waals surface area (Å²) >= 11 is 0. The van der Waals surface area contributed by atoms with Gasteiger partial charge in [-0.15, -0.1) is 0 Å². The Kier molecular flexibility index (Phi) is 11.8. The van der Waals surface area contributed by atoms with Crippen LogP contribution in [0, 0.1) is 34.0 Å². The molecule has 6 heteroatoms. The molecule has 0 spiro atoms. The second-order valence-corrected chi connectivity index (χ2v) is 14.4. The Labute approximate surface area is 253 Å². The van der Waals surface area contributed by atoms with Gasteiger partial charge in [-0.1, -0.05) is 65.2 Å². The predicted octanol–water partition coefficient (Wildman–Crippen LogP) is 7.58. The summed E-state index contributed by atoms with van der Waals surface area (Å²) in [6.07, 6.45) is 1.29. The Morgan fingerprint density at radius 1 is 0.595 bits per heavy atom. The summed E-state index contributed by atoms with van der Waals surface area (Å²) < 4.78 is 0. The Hall–Kier alpha value is -2.76. The molecule has 3 aliphatic carbocycles. The normalized spacial score (nSPS) is 25.8. The molecule has 3 aliphatic rings. The van der Waals surface area contributed by atoms with Crippen LogP contribution in [0.1, 0.15) is 123 Å². The monoisotopic (exact) mass is 582 g/mol. The van der Waals surface area contributed by atoms with Crippen molar-refractivity contribution < 1.29 is 28.8 Å². The van der Waals surface area contributed by atoms with E-state index in [2.05, 4.69) is 0 Å². The third-order valence-corrected chi connectivity index (χ3v) is 10.5. The van der Waals surface area contributed by atoms with Gasteiger partial charge in [0.25, 0.3) is 0 Å². The Morgan fingerprint density at radius 3 is 1.33 bits per heavy atom. The van der Waals surface area contributed by atoms with Crippen molar-refractivity contribution in [2.24, 2.45) is 34.0 Å². The Morgan fingerprint density at radius 2 is 1.05 bits per heavy atom. The van der Waals surface area contributed by atoms with Crippen LogP contribution >= 0.6 is 0 Å². The highest BCUT2D eigenvalue weighted by molar-refractivity contribution is 6.04. The minimum Gasteiger partial charge on any atom is -0.300 e. The molecule has 0 amide bonds. The van der Waals surface area contributed by atoms with Crippen molar-refractivity contribution in [3.8, 4) is 0 Å². The van der Waals surface area contributed by atoms with E-state index in [0.29, 0.717) is 19.3 Å². The molecule has 3 rings (SSSR count). The van der Waals surface area contributed by atoms with Gasteiger partial charge in [0.2, 0.25) is 0 Å². The van der Waals surface area contributed by atoms with Gasteiger partial charge < -0.3 is 9.59 Å². The molecule has 0 saturated carbocycles. The number of allylic oxidation sites excluding steroid dienone is 6. The van der Waals surface area contributed by atoms with Crippen LogP contribution in [0.2, 0.25) is 0 Å². The van der Waals surface area contributed by atoms with Crippen LogP contribution in [-0.2, 0) is 28.8 Å². The molecule has 0 aromatic heterocycles. The number of rotatable bonds is 6. The van der Waals surface area contributed by atoms with Crippen molar-refractivity contribution in [2.75, 3.05) is 0 Å². The molecule has 0 aromatic carbocycles. The minimum atomic E-state index is -0.389. The molecule has 0 N–H and O–H groups in total. The first-order valence-corrected chi connectivity index (χ1v) is 15.0. The molecule has 0 aromatic rings. The van der Waals surface area contributed by atoms with Crippen LogP contribution in [0.15, 0.2) is 33.4 Å². The third-order valence-electron chi connectivity index (χ3n) is 10.5. The van der Waals surface area contributed by atoms with Crippen molar-refractivity contribution in [3.63, 3.8) is 0 Å². The van der Waals surface area contributed by atoms with E-state index in [4.69, 9.17) is 0 Å². The Bertz CT molecular complexity index is 1280. The molecule has 234 valence electrons. The molecule has 0 fully saturated rings. The van der Waals surface area contributed by atoms with E-state index in [-0.39, 0.29) is 68.7 Å². The maximum Gasteiger partial charge on any atom is 0.164 e. The fourth-order valence-electron chi connectivity index (χ4n) is 6.63. The summed E-state index contributed by atoms with van der Waals surface area (Å²) in [5, 5.41) is 0. The molecular weight excluding hydrogens is 528 g/mol. The fourth-order valence-corrected chi connectivity index (χ4v) is 6.63. The maximum absolute atomic E-state index is 11.9.